The summed E-state index contributed by atoms with van der Waals surface area (Å²) in [7, 11) is 0. The van der Waals surface area contributed by atoms with Crippen molar-refractivity contribution >= 4 is 27.5 Å². The zero-order chi connectivity index (χ0) is 18.0. The van der Waals surface area contributed by atoms with Crippen molar-refractivity contribution in [3.63, 3.8) is 0 Å². The number of nitrogens with one attached hydrogen (secondary N) is 1. The van der Waals surface area contributed by atoms with Crippen LogP contribution in [0.4, 0.5) is 4.39 Å². The predicted molar refractivity (Wildman–Crippen MR) is 99.4 cm³/mol. The normalized spacial score (nSPS) is 11.0. The molecule has 2 aromatic heterocycles. The first-order valence-electron chi connectivity index (χ1n) is 8.19. The molecule has 1 N–H and O–H groups in total. The molecule has 0 fully saturated rings. The largest absolute Gasteiger partial charge is 0.350 e. The number of carbonyl (C=O) groups is 1. The molecule has 0 saturated heterocycles. The highest BCUT2D eigenvalue weighted by molar-refractivity contribution is 9.10. The Morgan fingerprint density at radius 2 is 2.04 bits per heavy atom. The predicted octanol–water partition coefficient (Wildman–Crippen LogP) is 4.08. The minimum absolute atomic E-state index is 0.149. The van der Waals surface area contributed by atoms with Crippen LogP contribution in [0.2, 0.25) is 0 Å². The van der Waals surface area contributed by atoms with E-state index in [1.165, 1.54) is 12.1 Å². The molecule has 0 unspecified atom stereocenters. The van der Waals surface area contributed by atoms with E-state index in [-0.39, 0.29) is 11.7 Å². The van der Waals surface area contributed by atoms with E-state index in [9.17, 15) is 9.18 Å². The number of carbonyl (C=O) groups excluding carboxylic acids is 1. The molecule has 0 atom stereocenters. The van der Waals surface area contributed by atoms with Crippen LogP contribution in [0.25, 0.3) is 5.65 Å². The number of hydrogen-bond donors (Lipinski definition) is 1. The molecule has 3 aromatic rings. The first kappa shape index (κ1) is 17.6. The molecule has 3 rings (SSSR count). The highest BCUT2D eigenvalue weighted by atomic mass is 79.9. The minimum Gasteiger partial charge on any atom is -0.350 e. The summed E-state index contributed by atoms with van der Waals surface area (Å²) in [5.41, 5.74) is 4.10. The van der Waals surface area contributed by atoms with Gasteiger partial charge < -0.3 is 5.32 Å². The quantitative estimate of drug-likeness (QED) is 0.697. The Morgan fingerprint density at radius 1 is 1.32 bits per heavy atom. The van der Waals surface area contributed by atoms with Crippen LogP contribution in [0.5, 0.6) is 0 Å². The number of fused-ring (bicyclic) bond motifs is 1. The van der Waals surface area contributed by atoms with Crippen molar-refractivity contribution in [2.45, 2.75) is 26.7 Å². The second-order valence-electron chi connectivity index (χ2n) is 5.95. The Bertz CT molecular complexity index is 919. The van der Waals surface area contributed by atoms with E-state index in [2.05, 4.69) is 26.2 Å². The molecule has 0 bridgehead atoms. The van der Waals surface area contributed by atoms with Gasteiger partial charge in [0.2, 0.25) is 0 Å². The van der Waals surface area contributed by atoms with Crippen LogP contribution in [-0.4, -0.2) is 21.8 Å². The van der Waals surface area contributed by atoms with E-state index < -0.39 is 0 Å². The van der Waals surface area contributed by atoms with E-state index in [1.54, 1.807) is 12.1 Å². The van der Waals surface area contributed by atoms with Gasteiger partial charge in [0.15, 0.2) is 5.65 Å². The van der Waals surface area contributed by atoms with Crippen molar-refractivity contribution in [3.8, 4) is 0 Å². The summed E-state index contributed by atoms with van der Waals surface area (Å²) in [5, 5.41) is 2.95. The molecular weight excluding hydrogens is 385 g/mol. The molecule has 0 spiro atoms. The summed E-state index contributed by atoms with van der Waals surface area (Å²) in [6, 6.07) is 8.30. The molecule has 0 saturated carbocycles. The van der Waals surface area contributed by atoms with E-state index in [0.717, 1.165) is 26.9 Å². The van der Waals surface area contributed by atoms with E-state index in [1.807, 2.05) is 30.5 Å². The van der Waals surface area contributed by atoms with Crippen LogP contribution in [0.3, 0.4) is 0 Å². The van der Waals surface area contributed by atoms with Crippen molar-refractivity contribution in [2.24, 2.45) is 0 Å². The van der Waals surface area contributed by atoms with E-state index >= 15 is 0 Å². The molecule has 1 amide bonds. The summed E-state index contributed by atoms with van der Waals surface area (Å²) < 4.78 is 15.6. The molecule has 130 valence electrons. The van der Waals surface area contributed by atoms with E-state index in [0.29, 0.717) is 25.1 Å². The topological polar surface area (TPSA) is 46.4 Å². The summed E-state index contributed by atoms with van der Waals surface area (Å²) in [6.45, 7) is 4.44. The third-order valence-corrected chi connectivity index (χ3v) is 4.63. The zero-order valence-electron chi connectivity index (χ0n) is 14.1. The van der Waals surface area contributed by atoms with Crippen LogP contribution in [-0.2, 0) is 12.8 Å². The molecule has 4 nitrogen and oxygen atoms in total. The first-order chi connectivity index (χ1) is 12.0. The number of aryl methyl sites for hydroxylation is 2. The Morgan fingerprint density at radius 3 is 2.72 bits per heavy atom. The molecule has 2 heterocycles. The van der Waals surface area contributed by atoms with Gasteiger partial charge in [-0.05, 0) is 65.0 Å². The van der Waals surface area contributed by atoms with Crippen LogP contribution >= 0.6 is 15.9 Å². The second kappa shape index (κ2) is 7.35. The number of nitrogens with zero attached hydrogens (tertiary/aromatic N) is 2. The number of amides is 1. The highest BCUT2D eigenvalue weighted by Crippen LogP contribution is 2.23. The van der Waals surface area contributed by atoms with Gasteiger partial charge in [-0.3, -0.25) is 9.20 Å². The first-order valence-corrected chi connectivity index (χ1v) is 8.98. The van der Waals surface area contributed by atoms with Crippen LogP contribution < -0.4 is 5.32 Å². The molecule has 0 aliphatic rings. The smallest absolute Gasteiger partial charge is 0.270 e. The molecule has 0 radical (unpaired) electrons. The maximum atomic E-state index is 12.9. The number of hydrogen-bond acceptors (Lipinski definition) is 2. The summed E-state index contributed by atoms with van der Waals surface area (Å²) in [6.07, 6.45) is 3.24. The fourth-order valence-electron chi connectivity index (χ4n) is 2.82. The average molecular weight is 404 g/mol. The van der Waals surface area contributed by atoms with Gasteiger partial charge in [-0.25, -0.2) is 9.37 Å². The fraction of sp³-hybridized carbons (Fsp3) is 0.263. The lowest BCUT2D eigenvalue weighted by atomic mass is 10.1. The van der Waals surface area contributed by atoms with Gasteiger partial charge >= 0.3 is 0 Å². The lowest BCUT2D eigenvalue weighted by Crippen LogP contribution is -2.27. The van der Waals surface area contributed by atoms with Crippen molar-refractivity contribution in [2.75, 3.05) is 6.54 Å². The lowest BCUT2D eigenvalue weighted by Gasteiger charge is -2.08. The van der Waals surface area contributed by atoms with E-state index in [4.69, 9.17) is 0 Å². The van der Waals surface area contributed by atoms with Crippen molar-refractivity contribution in [1.82, 2.24) is 14.7 Å². The lowest BCUT2D eigenvalue weighted by molar-refractivity contribution is 0.0947. The highest BCUT2D eigenvalue weighted by Gasteiger charge is 2.19. The van der Waals surface area contributed by atoms with Crippen LogP contribution in [0.15, 0.2) is 41.0 Å². The second-order valence-corrected chi connectivity index (χ2v) is 6.81. The summed E-state index contributed by atoms with van der Waals surface area (Å²) >= 11 is 3.52. The number of halogens is 2. The van der Waals surface area contributed by atoms with Crippen molar-refractivity contribution < 1.29 is 9.18 Å². The van der Waals surface area contributed by atoms with Gasteiger partial charge in [-0.15, -0.1) is 0 Å². The molecule has 1 aromatic carbocycles. The van der Waals surface area contributed by atoms with Gasteiger partial charge in [-0.1, -0.05) is 19.1 Å². The van der Waals surface area contributed by atoms with Gasteiger partial charge in [0, 0.05) is 12.7 Å². The van der Waals surface area contributed by atoms with Gasteiger partial charge in [0.25, 0.3) is 5.91 Å². The molecule has 0 aliphatic carbocycles. The Balaban J connectivity index is 1.80. The van der Waals surface area contributed by atoms with Crippen molar-refractivity contribution in [1.29, 1.82) is 0 Å². The minimum atomic E-state index is -0.257. The summed E-state index contributed by atoms with van der Waals surface area (Å²) in [5.74, 6) is -0.406. The molecule has 6 heteroatoms. The number of rotatable bonds is 5. The number of pyridine rings is 1. The number of imidazole rings is 1. The number of aromatic nitrogens is 2. The monoisotopic (exact) mass is 403 g/mol. The Labute approximate surface area is 154 Å². The third-order valence-electron chi connectivity index (χ3n) is 4.05. The van der Waals surface area contributed by atoms with Crippen LogP contribution in [0, 0.1) is 12.7 Å². The molecule has 0 aliphatic heterocycles. The Kier molecular flexibility index (Phi) is 5.18. The molecular formula is C19H19BrFN3O. The Hall–Kier alpha value is -2.21. The zero-order valence-corrected chi connectivity index (χ0v) is 15.7. The SMILES string of the molecule is CCc1nc2c(Br)cc(C)cn2c1C(=O)NCCc1ccc(F)cc1. The molecule has 25 heavy (non-hydrogen) atoms. The van der Waals surface area contributed by atoms with Gasteiger partial charge in [0.1, 0.15) is 11.5 Å². The fourth-order valence-corrected chi connectivity index (χ4v) is 3.46. The average Bonchev–Trinajstić information content (AvgIpc) is 2.95. The number of benzene rings is 1. The maximum absolute atomic E-state index is 12.9. The van der Waals surface area contributed by atoms with Gasteiger partial charge in [0.05, 0.1) is 10.2 Å². The summed E-state index contributed by atoms with van der Waals surface area (Å²) in [4.78, 5) is 17.3. The van der Waals surface area contributed by atoms with Gasteiger partial charge in [-0.2, -0.15) is 0 Å². The third kappa shape index (κ3) is 3.74. The maximum Gasteiger partial charge on any atom is 0.270 e. The van der Waals surface area contributed by atoms with Crippen LogP contribution in [0.1, 0.15) is 34.2 Å². The van der Waals surface area contributed by atoms with Crippen molar-refractivity contribution in [3.05, 3.63) is 69.3 Å². The standard InChI is InChI=1S/C19H19BrFN3O/c1-3-16-17(24-11-12(2)10-15(20)18(24)23-16)19(25)22-9-8-13-4-6-14(21)7-5-13/h4-7,10-11H,3,8-9H2,1-2H3,(H,22,25).